The third-order valence-electron chi connectivity index (χ3n) is 4.67. The van der Waals surface area contributed by atoms with Gasteiger partial charge in [-0.05, 0) is 25.5 Å². The van der Waals surface area contributed by atoms with E-state index in [4.69, 9.17) is 13.9 Å². The first-order chi connectivity index (χ1) is 10.4. The van der Waals surface area contributed by atoms with Crippen molar-refractivity contribution in [3.05, 3.63) is 35.3 Å². The smallest absolute Gasteiger partial charge is 0.335 e. The summed E-state index contributed by atoms with van der Waals surface area (Å²) in [7, 11) is 0. The molecule has 4 atom stereocenters. The highest BCUT2D eigenvalue weighted by atomic mass is 16.6. The number of hydrogen-bond acceptors (Lipinski definition) is 6. The summed E-state index contributed by atoms with van der Waals surface area (Å²) < 4.78 is 16.0. The standard InChI is InChI=1S/C16H18O6/c1-8-11(18)6-12(21-9(2)17)16(3)13(8)15(19)22-14(16)10-4-5-20-7-10/h4-5,7,11-12,14,18H,6H2,1-3H3/t11-,12+,14+,16-/m0/s1. The lowest BCUT2D eigenvalue weighted by molar-refractivity contribution is -0.158. The van der Waals surface area contributed by atoms with Crippen LogP contribution >= 0.6 is 0 Å². The summed E-state index contributed by atoms with van der Waals surface area (Å²) in [6.07, 6.45) is 1.15. The van der Waals surface area contributed by atoms with Gasteiger partial charge in [0.1, 0.15) is 12.2 Å². The van der Waals surface area contributed by atoms with Gasteiger partial charge in [-0.1, -0.05) is 0 Å². The Kier molecular flexibility index (Phi) is 3.36. The number of aliphatic hydroxyl groups is 1. The van der Waals surface area contributed by atoms with Crippen LogP contribution in [0.5, 0.6) is 0 Å². The SMILES string of the molecule is CC(=O)O[C@@H]1C[C@H](O)C(C)=C2C(=O)O[C@H](c3ccoc3)[C@]21C. The van der Waals surface area contributed by atoms with Crippen LogP contribution in [0.1, 0.15) is 38.9 Å². The Morgan fingerprint density at radius 1 is 1.50 bits per heavy atom. The zero-order chi connectivity index (χ0) is 16.1. The van der Waals surface area contributed by atoms with E-state index < -0.39 is 35.7 Å². The lowest BCUT2D eigenvalue weighted by Gasteiger charge is -2.41. The average molecular weight is 306 g/mol. The van der Waals surface area contributed by atoms with Crippen LogP contribution in [0.4, 0.5) is 0 Å². The molecule has 0 bridgehead atoms. The van der Waals surface area contributed by atoms with Crippen LogP contribution in [0.2, 0.25) is 0 Å². The minimum Gasteiger partial charge on any atom is -0.472 e. The number of carbonyl (C=O) groups excluding carboxylic acids is 2. The largest absolute Gasteiger partial charge is 0.472 e. The zero-order valence-corrected chi connectivity index (χ0v) is 12.7. The maximum absolute atomic E-state index is 12.3. The minimum atomic E-state index is -0.851. The first-order valence-electron chi connectivity index (χ1n) is 7.15. The van der Waals surface area contributed by atoms with E-state index in [2.05, 4.69) is 0 Å². The number of rotatable bonds is 2. The molecule has 1 saturated heterocycles. The van der Waals surface area contributed by atoms with E-state index in [1.54, 1.807) is 13.0 Å². The molecule has 0 unspecified atom stereocenters. The van der Waals surface area contributed by atoms with Crippen molar-refractivity contribution in [2.45, 2.75) is 45.5 Å². The van der Waals surface area contributed by atoms with E-state index in [0.717, 1.165) is 0 Å². The van der Waals surface area contributed by atoms with Crippen molar-refractivity contribution < 1.29 is 28.6 Å². The Morgan fingerprint density at radius 3 is 2.82 bits per heavy atom. The van der Waals surface area contributed by atoms with Crippen molar-refractivity contribution in [2.24, 2.45) is 5.41 Å². The molecule has 3 rings (SSSR count). The molecule has 1 fully saturated rings. The van der Waals surface area contributed by atoms with E-state index in [-0.39, 0.29) is 6.42 Å². The minimum absolute atomic E-state index is 0.233. The third-order valence-corrected chi connectivity index (χ3v) is 4.67. The Balaban J connectivity index is 2.14. The van der Waals surface area contributed by atoms with Crippen LogP contribution in [-0.4, -0.2) is 29.3 Å². The van der Waals surface area contributed by atoms with E-state index >= 15 is 0 Å². The second-order valence-corrected chi connectivity index (χ2v) is 6.03. The van der Waals surface area contributed by atoms with Crippen molar-refractivity contribution in [3.8, 4) is 0 Å². The van der Waals surface area contributed by atoms with Crippen molar-refractivity contribution in [3.63, 3.8) is 0 Å². The maximum atomic E-state index is 12.3. The van der Waals surface area contributed by atoms with E-state index in [1.807, 2.05) is 6.92 Å². The molecular weight excluding hydrogens is 288 g/mol. The molecule has 2 heterocycles. The fourth-order valence-corrected chi connectivity index (χ4v) is 3.56. The van der Waals surface area contributed by atoms with Crippen molar-refractivity contribution >= 4 is 11.9 Å². The van der Waals surface area contributed by atoms with Crippen LogP contribution in [0.25, 0.3) is 0 Å². The number of hydrogen-bond donors (Lipinski definition) is 1. The second kappa shape index (κ2) is 4.98. The zero-order valence-electron chi connectivity index (χ0n) is 12.7. The first-order valence-corrected chi connectivity index (χ1v) is 7.15. The summed E-state index contributed by atoms with van der Waals surface area (Å²) in [5.74, 6) is -0.940. The summed E-state index contributed by atoms with van der Waals surface area (Å²) in [6.45, 7) is 4.85. The molecule has 6 nitrogen and oxygen atoms in total. The molecule has 0 radical (unpaired) electrons. The Bertz CT molecular complexity index is 644. The molecule has 1 aliphatic carbocycles. The molecule has 1 aliphatic heterocycles. The topological polar surface area (TPSA) is 86.0 Å². The average Bonchev–Trinajstić information content (AvgIpc) is 3.03. The second-order valence-electron chi connectivity index (χ2n) is 6.03. The highest BCUT2D eigenvalue weighted by Gasteiger charge is 2.60. The summed E-state index contributed by atoms with van der Waals surface area (Å²) in [4.78, 5) is 23.8. The highest BCUT2D eigenvalue weighted by Crippen LogP contribution is 2.56. The van der Waals surface area contributed by atoms with Gasteiger partial charge in [-0.15, -0.1) is 0 Å². The molecule has 0 saturated carbocycles. The van der Waals surface area contributed by atoms with E-state index in [9.17, 15) is 14.7 Å². The van der Waals surface area contributed by atoms with Gasteiger partial charge in [0.25, 0.3) is 0 Å². The van der Waals surface area contributed by atoms with Gasteiger partial charge in [0.15, 0.2) is 0 Å². The number of esters is 2. The fourth-order valence-electron chi connectivity index (χ4n) is 3.56. The van der Waals surface area contributed by atoms with Crippen LogP contribution in [0, 0.1) is 5.41 Å². The van der Waals surface area contributed by atoms with Gasteiger partial charge < -0.3 is 19.0 Å². The van der Waals surface area contributed by atoms with Gasteiger partial charge in [0.2, 0.25) is 0 Å². The molecule has 0 amide bonds. The summed E-state index contributed by atoms with van der Waals surface area (Å²) in [5, 5.41) is 10.2. The third kappa shape index (κ3) is 1.98. The molecule has 0 aromatic carbocycles. The molecule has 2 aliphatic rings. The molecule has 6 heteroatoms. The molecule has 0 spiro atoms. The summed E-state index contributed by atoms with van der Waals surface area (Å²) in [5.41, 5.74) is 0.813. The quantitative estimate of drug-likeness (QED) is 0.840. The fraction of sp³-hybridized carbons (Fsp3) is 0.500. The van der Waals surface area contributed by atoms with E-state index in [1.165, 1.54) is 19.5 Å². The highest BCUT2D eigenvalue weighted by molar-refractivity contribution is 5.94. The van der Waals surface area contributed by atoms with Crippen molar-refractivity contribution in [1.29, 1.82) is 0 Å². The normalized spacial score (nSPS) is 34.4. The van der Waals surface area contributed by atoms with Gasteiger partial charge in [0.05, 0.1) is 29.6 Å². The van der Waals surface area contributed by atoms with Crippen LogP contribution in [0.15, 0.2) is 34.2 Å². The molecular formula is C16H18O6. The molecule has 22 heavy (non-hydrogen) atoms. The molecule has 118 valence electrons. The number of ether oxygens (including phenoxy) is 2. The first kappa shape index (κ1) is 14.8. The predicted molar refractivity (Wildman–Crippen MR) is 74.5 cm³/mol. The number of aliphatic hydroxyl groups excluding tert-OH is 1. The summed E-state index contributed by atoms with van der Waals surface area (Å²) >= 11 is 0. The van der Waals surface area contributed by atoms with Gasteiger partial charge in [0, 0.05) is 18.9 Å². The van der Waals surface area contributed by atoms with Crippen LogP contribution in [0.3, 0.4) is 0 Å². The summed E-state index contributed by atoms with van der Waals surface area (Å²) in [6, 6.07) is 1.72. The van der Waals surface area contributed by atoms with Crippen molar-refractivity contribution in [2.75, 3.05) is 0 Å². The lowest BCUT2D eigenvalue weighted by Crippen LogP contribution is -2.46. The number of furan rings is 1. The van der Waals surface area contributed by atoms with Gasteiger partial charge in [-0.3, -0.25) is 4.79 Å². The monoisotopic (exact) mass is 306 g/mol. The molecule has 1 N–H and O–H groups in total. The molecule has 1 aromatic rings. The molecule has 1 aromatic heterocycles. The number of carbonyl (C=O) groups is 2. The number of cyclic esters (lactones) is 1. The maximum Gasteiger partial charge on any atom is 0.335 e. The Morgan fingerprint density at radius 2 is 2.23 bits per heavy atom. The Hall–Kier alpha value is -2.08. The predicted octanol–water partition coefficient (Wildman–Crippen LogP) is 1.90. The number of fused-ring (bicyclic) bond motifs is 1. The Labute approximate surface area is 127 Å². The van der Waals surface area contributed by atoms with Crippen LogP contribution < -0.4 is 0 Å². The van der Waals surface area contributed by atoms with Gasteiger partial charge >= 0.3 is 11.9 Å². The van der Waals surface area contributed by atoms with Gasteiger partial charge in [-0.25, -0.2) is 4.79 Å². The lowest BCUT2D eigenvalue weighted by atomic mass is 9.65. The van der Waals surface area contributed by atoms with Crippen LogP contribution in [-0.2, 0) is 19.1 Å². The van der Waals surface area contributed by atoms with E-state index in [0.29, 0.717) is 16.7 Å². The van der Waals surface area contributed by atoms with Crippen molar-refractivity contribution in [1.82, 2.24) is 0 Å². The van der Waals surface area contributed by atoms with Gasteiger partial charge in [-0.2, -0.15) is 0 Å².